The fourth-order valence-corrected chi connectivity index (χ4v) is 6.99. The third-order valence-corrected chi connectivity index (χ3v) is 9.95. The highest BCUT2D eigenvalue weighted by Crippen LogP contribution is 2.60. The van der Waals surface area contributed by atoms with Crippen molar-refractivity contribution in [3.63, 3.8) is 0 Å². The van der Waals surface area contributed by atoms with E-state index in [0.29, 0.717) is 12.5 Å². The van der Waals surface area contributed by atoms with Crippen LogP contribution in [0.2, 0.25) is 0 Å². The molecule has 1 saturated heterocycles. The quantitative estimate of drug-likeness (QED) is 0.211. The predicted octanol–water partition coefficient (Wildman–Crippen LogP) is 6.95. The largest absolute Gasteiger partial charge is 0.284 e. The van der Waals surface area contributed by atoms with E-state index in [9.17, 15) is 8.42 Å². The summed E-state index contributed by atoms with van der Waals surface area (Å²) in [5.41, 5.74) is 6.07. The van der Waals surface area contributed by atoms with Crippen LogP contribution in [0.15, 0.2) is 95.5 Å². The van der Waals surface area contributed by atoms with Crippen LogP contribution in [0.1, 0.15) is 16.1 Å². The van der Waals surface area contributed by atoms with Crippen molar-refractivity contribution in [3.05, 3.63) is 107 Å². The molecule has 0 saturated carbocycles. The van der Waals surface area contributed by atoms with Crippen molar-refractivity contribution in [2.75, 3.05) is 24.0 Å². The van der Waals surface area contributed by atoms with E-state index in [4.69, 9.17) is 8.37 Å². The van der Waals surface area contributed by atoms with Gasteiger partial charge < -0.3 is 0 Å². The Bertz CT molecular complexity index is 1800. The summed E-state index contributed by atoms with van der Waals surface area (Å²) in [5, 5.41) is 3.73. The molecule has 5 aromatic rings. The summed E-state index contributed by atoms with van der Waals surface area (Å²) in [6.07, 6.45) is 8.80. The minimum atomic E-state index is -3.44. The molecule has 1 aliphatic rings. The highest BCUT2D eigenvalue weighted by Gasteiger charge is 2.27. The molecule has 10 heteroatoms. The van der Waals surface area contributed by atoms with E-state index in [1.807, 2.05) is 48.0 Å². The van der Waals surface area contributed by atoms with Crippen molar-refractivity contribution in [2.24, 2.45) is 0 Å². The second kappa shape index (κ2) is 10.2. The first-order valence-electron chi connectivity index (χ1n) is 12.0. The number of sulfonamides is 1. The minimum Gasteiger partial charge on any atom is -0.284 e. The van der Waals surface area contributed by atoms with E-state index < -0.39 is 20.6 Å². The average molecular weight is 576 g/mol. The smallest absolute Gasteiger partial charge is 0.229 e. The number of hydrogen-bond acceptors (Lipinski definition) is 7. The van der Waals surface area contributed by atoms with Crippen LogP contribution in [-0.4, -0.2) is 37.7 Å². The molecule has 0 unspecified atom stereocenters. The molecule has 6 rings (SSSR count). The summed E-state index contributed by atoms with van der Waals surface area (Å²) < 4.78 is 37.9. The number of hydrogen-bond donors (Lipinski definition) is 1. The normalized spacial score (nSPS) is 16.0. The molecule has 3 heterocycles. The SMILES string of the molecule is CS1(c2ccc(/C(=C/c3cccc(-c4cc(NS(C)(=O)=O)cc5cccnc45)c3)c3nccs3)cc2)OCO1. The van der Waals surface area contributed by atoms with Crippen LogP contribution in [-0.2, 0) is 18.4 Å². The number of rotatable bonds is 7. The Kier molecular flexibility index (Phi) is 6.74. The van der Waals surface area contributed by atoms with Crippen molar-refractivity contribution in [1.82, 2.24) is 9.97 Å². The second-order valence-corrected chi connectivity index (χ2v) is 14.3. The van der Waals surface area contributed by atoms with Gasteiger partial charge in [0.15, 0.2) is 6.79 Å². The van der Waals surface area contributed by atoms with Crippen molar-refractivity contribution in [2.45, 2.75) is 4.90 Å². The van der Waals surface area contributed by atoms with Gasteiger partial charge in [-0.3, -0.25) is 9.71 Å². The third-order valence-electron chi connectivity index (χ3n) is 6.32. The molecule has 0 bridgehead atoms. The van der Waals surface area contributed by atoms with E-state index in [-0.39, 0.29) is 0 Å². The first-order chi connectivity index (χ1) is 18.8. The van der Waals surface area contributed by atoms with Gasteiger partial charge >= 0.3 is 0 Å². The number of thiazole rings is 1. The lowest BCUT2D eigenvalue weighted by Gasteiger charge is -2.46. The van der Waals surface area contributed by atoms with E-state index in [1.165, 1.54) is 0 Å². The lowest BCUT2D eigenvalue weighted by atomic mass is 9.97. The number of nitrogens with one attached hydrogen (secondary N) is 1. The van der Waals surface area contributed by atoms with Gasteiger partial charge in [-0.15, -0.1) is 11.3 Å². The van der Waals surface area contributed by atoms with Gasteiger partial charge in [0.2, 0.25) is 10.0 Å². The molecular weight excluding hydrogens is 551 g/mol. The van der Waals surface area contributed by atoms with Crippen LogP contribution in [0.4, 0.5) is 5.69 Å². The lowest BCUT2D eigenvalue weighted by Crippen LogP contribution is -2.20. The van der Waals surface area contributed by atoms with Crippen LogP contribution >= 0.6 is 21.9 Å². The van der Waals surface area contributed by atoms with Crippen LogP contribution in [0, 0.1) is 0 Å². The predicted molar refractivity (Wildman–Crippen MR) is 160 cm³/mol. The van der Waals surface area contributed by atoms with Crippen LogP contribution in [0.25, 0.3) is 33.7 Å². The topological polar surface area (TPSA) is 90.4 Å². The highest BCUT2D eigenvalue weighted by atomic mass is 32.3. The molecule has 0 atom stereocenters. The summed E-state index contributed by atoms with van der Waals surface area (Å²) in [7, 11) is -5.06. The van der Waals surface area contributed by atoms with Gasteiger partial charge in [-0.05, 0) is 59.2 Å². The molecule has 0 spiro atoms. The fraction of sp³-hybridized carbons (Fsp3) is 0.103. The van der Waals surface area contributed by atoms with Gasteiger partial charge in [-0.25, -0.2) is 21.8 Å². The van der Waals surface area contributed by atoms with E-state index in [1.54, 1.807) is 29.8 Å². The maximum atomic E-state index is 12.0. The van der Waals surface area contributed by atoms with Gasteiger partial charge in [-0.1, -0.05) is 36.4 Å². The Hall–Kier alpha value is -3.54. The van der Waals surface area contributed by atoms with Crippen molar-refractivity contribution in [3.8, 4) is 11.1 Å². The monoisotopic (exact) mass is 575 g/mol. The number of nitrogens with zero attached hydrogens (tertiary/aromatic N) is 2. The molecular formula is C29H25N3O4S3. The molecule has 0 amide bonds. The summed E-state index contributed by atoms with van der Waals surface area (Å²) in [5.74, 6) is 0. The Labute approximate surface area is 233 Å². The van der Waals surface area contributed by atoms with Crippen molar-refractivity contribution < 1.29 is 16.8 Å². The van der Waals surface area contributed by atoms with Crippen LogP contribution in [0.3, 0.4) is 0 Å². The minimum absolute atomic E-state index is 0.340. The summed E-state index contributed by atoms with van der Waals surface area (Å²) >= 11 is 1.58. The lowest BCUT2D eigenvalue weighted by molar-refractivity contribution is 0.0490. The van der Waals surface area contributed by atoms with E-state index >= 15 is 0 Å². The zero-order chi connectivity index (χ0) is 27.0. The Morgan fingerprint density at radius 1 is 1.00 bits per heavy atom. The molecule has 0 radical (unpaired) electrons. The van der Waals surface area contributed by atoms with Crippen molar-refractivity contribution >= 4 is 60.2 Å². The van der Waals surface area contributed by atoms with Crippen molar-refractivity contribution in [1.29, 1.82) is 0 Å². The van der Waals surface area contributed by atoms with Gasteiger partial charge in [0.05, 0.1) is 16.7 Å². The average Bonchev–Trinajstić information content (AvgIpc) is 3.44. The molecule has 0 aliphatic carbocycles. The number of pyridine rings is 1. The molecule has 1 aliphatic heterocycles. The molecule has 2 aromatic heterocycles. The molecule has 7 nitrogen and oxygen atoms in total. The number of fused-ring (bicyclic) bond motifs is 1. The second-order valence-electron chi connectivity index (χ2n) is 9.14. The number of anilines is 1. The van der Waals surface area contributed by atoms with Gasteiger partial charge in [0.1, 0.15) is 5.01 Å². The van der Waals surface area contributed by atoms with Gasteiger partial charge in [0.25, 0.3) is 0 Å². The first kappa shape index (κ1) is 25.7. The standard InChI is InChI=1S/C29H25N3O4S3/c1-38(35-19-36-38)25-10-8-21(9-11-25)27(29-31-13-14-37-29)16-20-5-3-6-22(15-20)26-18-24(32-39(2,33)34)17-23-7-4-12-30-28(23)26/h3-18,32H,19H2,1-2H3/b27-16-. The summed E-state index contributed by atoms with van der Waals surface area (Å²) in [6.45, 7) is 0.340. The maximum Gasteiger partial charge on any atom is 0.229 e. The summed E-state index contributed by atoms with van der Waals surface area (Å²) in [6, 6.07) is 23.8. The molecule has 1 fully saturated rings. The fourth-order valence-electron chi connectivity index (χ4n) is 4.48. The zero-order valence-electron chi connectivity index (χ0n) is 21.2. The zero-order valence-corrected chi connectivity index (χ0v) is 23.6. The molecule has 3 aromatic carbocycles. The Morgan fingerprint density at radius 2 is 1.82 bits per heavy atom. The Morgan fingerprint density at radius 3 is 2.51 bits per heavy atom. The molecule has 198 valence electrons. The van der Waals surface area contributed by atoms with Crippen LogP contribution < -0.4 is 4.72 Å². The van der Waals surface area contributed by atoms with Crippen LogP contribution in [0.5, 0.6) is 0 Å². The molecule has 39 heavy (non-hydrogen) atoms. The van der Waals surface area contributed by atoms with E-state index in [0.717, 1.165) is 54.9 Å². The maximum absolute atomic E-state index is 12.0. The van der Waals surface area contributed by atoms with Gasteiger partial charge in [0, 0.05) is 46.2 Å². The number of benzene rings is 3. The summed E-state index contributed by atoms with van der Waals surface area (Å²) in [4.78, 5) is 10.2. The third kappa shape index (κ3) is 5.47. The molecule has 1 N–H and O–H groups in total. The Balaban J connectivity index is 1.43. The first-order valence-corrected chi connectivity index (χ1v) is 16.7. The highest BCUT2D eigenvalue weighted by molar-refractivity contribution is 8.26. The number of aromatic nitrogens is 2. The van der Waals surface area contributed by atoms with E-state index in [2.05, 4.69) is 51.1 Å². The van der Waals surface area contributed by atoms with Gasteiger partial charge in [-0.2, -0.15) is 10.6 Å².